The van der Waals surface area contributed by atoms with Gasteiger partial charge < -0.3 is 15.4 Å². The summed E-state index contributed by atoms with van der Waals surface area (Å²) in [4.78, 5) is 6.91. The fourth-order valence-corrected chi connectivity index (χ4v) is 6.73. The normalized spacial score (nSPS) is 23.0. The Hall–Kier alpha value is -3.12. The van der Waals surface area contributed by atoms with Crippen LogP contribution in [0.4, 0.5) is 32.0 Å². The Bertz CT molecular complexity index is 1410. The first-order valence-electron chi connectivity index (χ1n) is 13.9. The quantitative estimate of drug-likeness (QED) is 0.210. The van der Waals surface area contributed by atoms with Crippen LogP contribution >= 0.6 is 12.2 Å². The molecule has 0 radical (unpaired) electrons. The number of pyridine rings is 1. The van der Waals surface area contributed by atoms with Crippen molar-refractivity contribution in [1.29, 1.82) is 0 Å². The van der Waals surface area contributed by atoms with Crippen LogP contribution in [0.1, 0.15) is 55.3 Å². The van der Waals surface area contributed by atoms with Crippen LogP contribution in [0, 0.1) is 11.8 Å². The van der Waals surface area contributed by atoms with Crippen molar-refractivity contribution in [2.24, 2.45) is 11.8 Å². The molecular weight excluding hydrogens is 578 g/mol. The van der Waals surface area contributed by atoms with E-state index in [1.165, 1.54) is 0 Å². The molecule has 3 aromatic rings. The van der Waals surface area contributed by atoms with Crippen molar-refractivity contribution in [3.05, 3.63) is 65.4 Å². The van der Waals surface area contributed by atoms with Gasteiger partial charge in [0.2, 0.25) is 0 Å². The maximum absolute atomic E-state index is 13.5. The van der Waals surface area contributed by atoms with Gasteiger partial charge in [0.1, 0.15) is 5.75 Å². The topological polar surface area (TPSA) is 49.4 Å². The number of piperidine rings is 3. The summed E-state index contributed by atoms with van der Waals surface area (Å²) in [6, 6.07) is 8.35. The highest BCUT2D eigenvalue weighted by Gasteiger charge is 2.44. The second kappa shape index (κ2) is 11.9. The molecule has 1 aromatic heterocycles. The number of alkyl halides is 6. The zero-order valence-electron chi connectivity index (χ0n) is 23.1. The molecule has 0 spiro atoms. The van der Waals surface area contributed by atoms with Crippen LogP contribution in [-0.4, -0.2) is 41.2 Å². The Morgan fingerprint density at radius 2 is 1.79 bits per heavy atom. The third kappa shape index (κ3) is 6.44. The van der Waals surface area contributed by atoms with Crippen LogP contribution in [0.3, 0.4) is 0 Å². The molecule has 5 unspecified atom stereocenters. The predicted molar refractivity (Wildman–Crippen MR) is 153 cm³/mol. The van der Waals surface area contributed by atoms with Gasteiger partial charge in [-0.05, 0) is 97.9 Å². The highest BCUT2D eigenvalue weighted by atomic mass is 32.1. The summed E-state index contributed by atoms with van der Waals surface area (Å²) in [5.74, 6) is 1.74. The van der Waals surface area contributed by atoms with Gasteiger partial charge in [0.15, 0.2) is 5.11 Å². The average molecular weight is 611 g/mol. The van der Waals surface area contributed by atoms with E-state index < -0.39 is 35.2 Å². The van der Waals surface area contributed by atoms with Crippen molar-refractivity contribution in [1.82, 2.24) is 15.2 Å². The number of rotatable bonds is 7. The molecule has 3 saturated heterocycles. The number of thiocarbonyl (C=S) groups is 1. The molecule has 6 rings (SSSR count). The second-order valence-electron chi connectivity index (χ2n) is 11.0. The molecule has 226 valence electrons. The van der Waals surface area contributed by atoms with Crippen molar-refractivity contribution in [3.63, 3.8) is 0 Å². The van der Waals surface area contributed by atoms with Crippen LogP contribution < -0.4 is 15.4 Å². The molecule has 2 bridgehead atoms. The Balaban J connectivity index is 1.50. The summed E-state index contributed by atoms with van der Waals surface area (Å²) >= 11 is 5.53. The minimum atomic E-state index is -4.96. The van der Waals surface area contributed by atoms with Crippen molar-refractivity contribution < 1.29 is 31.1 Å². The van der Waals surface area contributed by atoms with Crippen LogP contribution in [0.2, 0.25) is 0 Å². The number of methoxy groups -OCH3 is 1. The molecule has 0 aliphatic carbocycles. The van der Waals surface area contributed by atoms with Gasteiger partial charge in [-0.1, -0.05) is 13.3 Å². The number of halogens is 6. The molecule has 2 N–H and O–H groups in total. The van der Waals surface area contributed by atoms with E-state index in [0.717, 1.165) is 55.2 Å². The largest absolute Gasteiger partial charge is 0.497 e. The number of fused-ring (bicyclic) bond motifs is 4. The summed E-state index contributed by atoms with van der Waals surface area (Å²) in [5.41, 5.74) is -1.63. The number of ether oxygens (including phenoxy) is 1. The maximum atomic E-state index is 13.5. The molecule has 5 nitrogen and oxygen atoms in total. The minimum Gasteiger partial charge on any atom is -0.497 e. The summed E-state index contributed by atoms with van der Waals surface area (Å²) in [6.45, 7) is 4.01. The fraction of sp³-hybridized carbons (Fsp3) is 0.467. The Morgan fingerprint density at radius 3 is 2.38 bits per heavy atom. The smallest absolute Gasteiger partial charge is 0.416 e. The van der Waals surface area contributed by atoms with Crippen LogP contribution in [0.5, 0.6) is 5.75 Å². The SMILES string of the molecule is CCCC1CN2CCC1CC2C(NC(=S)Nc1cc(C(F)(F)F)cc(C(F)(F)F)c1)c1ccnc2ccc(OC)cc12. The first-order chi connectivity index (χ1) is 19.9. The van der Waals surface area contributed by atoms with E-state index in [1.807, 2.05) is 18.2 Å². The van der Waals surface area contributed by atoms with Crippen LogP contribution in [0.25, 0.3) is 10.9 Å². The Morgan fingerprint density at radius 1 is 1.07 bits per heavy atom. The van der Waals surface area contributed by atoms with E-state index in [-0.39, 0.29) is 17.2 Å². The third-order valence-electron chi connectivity index (χ3n) is 8.43. The standard InChI is InChI=1S/C30H32F6N4OS/c1-3-4-18-16-40-10-8-17(18)11-26(40)27(23-7-9-37-25-6-5-22(41-2)15-24(23)25)39-28(42)38-21-13-19(29(31,32)33)12-20(14-21)30(34,35)36/h5-7,9,12-15,17-18,26-27H,3-4,8,10-11,16H2,1-2H3,(H2,38,39,42). The lowest BCUT2D eigenvalue weighted by Gasteiger charge is -2.52. The van der Waals surface area contributed by atoms with Crippen LogP contribution in [-0.2, 0) is 12.4 Å². The summed E-state index contributed by atoms with van der Waals surface area (Å²) < 4.78 is 86.2. The van der Waals surface area contributed by atoms with E-state index >= 15 is 0 Å². The molecule has 3 aliphatic heterocycles. The molecular formula is C30H32F6N4OS. The number of anilines is 1. The van der Waals surface area contributed by atoms with Gasteiger partial charge in [0, 0.05) is 29.9 Å². The van der Waals surface area contributed by atoms with Gasteiger partial charge in [-0.15, -0.1) is 0 Å². The van der Waals surface area contributed by atoms with Gasteiger partial charge in [-0.25, -0.2) is 0 Å². The molecule has 3 fully saturated rings. The second-order valence-corrected chi connectivity index (χ2v) is 11.5. The van der Waals surface area contributed by atoms with Crippen molar-refractivity contribution in [3.8, 4) is 5.75 Å². The lowest BCUT2D eigenvalue weighted by Crippen LogP contribution is -2.58. The number of hydrogen-bond acceptors (Lipinski definition) is 4. The highest BCUT2D eigenvalue weighted by Crippen LogP contribution is 2.44. The molecule has 0 amide bonds. The first kappa shape index (κ1) is 30.3. The first-order valence-corrected chi connectivity index (χ1v) is 14.3. The van der Waals surface area contributed by atoms with Gasteiger partial charge in [-0.2, -0.15) is 26.3 Å². The Labute approximate surface area is 245 Å². The number of nitrogens with one attached hydrogen (secondary N) is 2. The van der Waals surface area contributed by atoms with Crippen LogP contribution in [0.15, 0.2) is 48.7 Å². The van der Waals surface area contributed by atoms with Gasteiger partial charge in [-0.3, -0.25) is 9.88 Å². The highest BCUT2D eigenvalue weighted by molar-refractivity contribution is 7.80. The predicted octanol–water partition coefficient (Wildman–Crippen LogP) is 7.82. The molecule has 12 heteroatoms. The Kier molecular flexibility index (Phi) is 8.58. The molecule has 2 aromatic carbocycles. The lowest BCUT2D eigenvalue weighted by molar-refractivity contribution is -0.143. The third-order valence-corrected chi connectivity index (χ3v) is 8.65. The molecule has 42 heavy (non-hydrogen) atoms. The van der Waals surface area contributed by atoms with E-state index in [0.29, 0.717) is 29.7 Å². The van der Waals surface area contributed by atoms with Crippen molar-refractivity contribution in [2.75, 3.05) is 25.5 Å². The molecule has 4 heterocycles. The summed E-state index contributed by atoms with van der Waals surface area (Å²) in [5, 5.41) is 6.63. The van der Waals surface area contributed by atoms with Crippen molar-refractivity contribution in [2.45, 2.75) is 57.0 Å². The zero-order valence-corrected chi connectivity index (χ0v) is 24.0. The van der Waals surface area contributed by atoms with E-state index in [2.05, 4.69) is 27.4 Å². The van der Waals surface area contributed by atoms with Crippen molar-refractivity contribution >= 4 is 33.9 Å². The van der Waals surface area contributed by atoms with Gasteiger partial charge >= 0.3 is 12.4 Å². The fourth-order valence-electron chi connectivity index (χ4n) is 6.49. The monoisotopic (exact) mass is 610 g/mol. The molecule has 3 aliphatic rings. The summed E-state index contributed by atoms with van der Waals surface area (Å²) in [6.07, 6.45) is -4.03. The minimum absolute atomic E-state index is 0.000604. The maximum Gasteiger partial charge on any atom is 0.416 e. The van der Waals surface area contributed by atoms with E-state index in [1.54, 1.807) is 19.4 Å². The molecule has 0 saturated carbocycles. The van der Waals surface area contributed by atoms with Gasteiger partial charge in [0.25, 0.3) is 0 Å². The number of benzene rings is 2. The summed E-state index contributed by atoms with van der Waals surface area (Å²) in [7, 11) is 1.57. The van der Waals surface area contributed by atoms with Gasteiger partial charge in [0.05, 0.1) is 29.8 Å². The number of aromatic nitrogens is 1. The molecule has 5 atom stereocenters. The lowest BCUT2D eigenvalue weighted by atomic mass is 9.71. The van der Waals surface area contributed by atoms with E-state index in [4.69, 9.17) is 17.0 Å². The number of hydrogen-bond donors (Lipinski definition) is 2. The number of nitrogens with zero attached hydrogens (tertiary/aromatic N) is 2. The average Bonchev–Trinajstić information content (AvgIpc) is 2.95. The zero-order chi connectivity index (χ0) is 30.2. The van der Waals surface area contributed by atoms with E-state index in [9.17, 15) is 26.3 Å².